The van der Waals surface area contributed by atoms with Gasteiger partial charge in [0.25, 0.3) is 0 Å². The summed E-state index contributed by atoms with van der Waals surface area (Å²) in [6, 6.07) is 0. The van der Waals surface area contributed by atoms with Gasteiger partial charge in [-0.1, -0.05) is 81.6 Å². The van der Waals surface area contributed by atoms with E-state index < -0.39 is 0 Å². The zero-order chi connectivity index (χ0) is 17.3. The lowest BCUT2D eigenvalue weighted by Crippen LogP contribution is -2.61. The number of hydrogen-bond donors (Lipinski definition) is 1. The fourth-order valence-corrected chi connectivity index (χ4v) is 3.56. The second-order valence-electron chi connectivity index (χ2n) is 9.94. The standard InChI is InChI=1S/C20H43N/c1-12-13-14-15-16(2,3)17(4,5)18(6,7)19(8,9)20(10,11)21/h12-15,21H2,1-11H3. The van der Waals surface area contributed by atoms with Crippen LogP contribution in [0.15, 0.2) is 0 Å². The van der Waals surface area contributed by atoms with Crippen molar-refractivity contribution in [2.45, 2.75) is 107 Å². The first kappa shape index (κ1) is 21.0. The van der Waals surface area contributed by atoms with Crippen LogP contribution in [0.5, 0.6) is 0 Å². The second kappa shape index (κ2) is 6.22. The molecule has 2 N–H and O–H groups in total. The average Bonchev–Trinajstić information content (AvgIpc) is 2.26. The highest BCUT2D eigenvalue weighted by molar-refractivity contribution is 5.08. The summed E-state index contributed by atoms with van der Waals surface area (Å²) in [5.74, 6) is 0. The Bertz CT molecular complexity index is 326. The number of rotatable bonds is 8. The Morgan fingerprint density at radius 3 is 1.38 bits per heavy atom. The number of unbranched alkanes of at least 4 members (excludes halogenated alkanes) is 2. The van der Waals surface area contributed by atoms with Crippen LogP contribution in [0.4, 0.5) is 0 Å². The van der Waals surface area contributed by atoms with Gasteiger partial charge < -0.3 is 5.73 Å². The van der Waals surface area contributed by atoms with Crippen molar-refractivity contribution in [1.29, 1.82) is 0 Å². The molecule has 0 aliphatic carbocycles. The lowest BCUT2D eigenvalue weighted by atomic mass is 9.43. The molecule has 128 valence electrons. The van der Waals surface area contributed by atoms with Gasteiger partial charge in [0.2, 0.25) is 0 Å². The Balaban J connectivity index is 5.55. The third-order valence-electron chi connectivity index (χ3n) is 7.83. The summed E-state index contributed by atoms with van der Waals surface area (Å²) in [5.41, 5.74) is 7.04. The summed E-state index contributed by atoms with van der Waals surface area (Å²) >= 11 is 0. The summed E-state index contributed by atoms with van der Waals surface area (Å²) in [7, 11) is 0. The number of hydrogen-bond acceptors (Lipinski definition) is 1. The highest BCUT2D eigenvalue weighted by atomic mass is 14.8. The highest BCUT2D eigenvalue weighted by Gasteiger charge is 2.57. The summed E-state index contributed by atoms with van der Waals surface area (Å²) in [5, 5.41) is 0. The minimum atomic E-state index is -0.201. The first-order valence-corrected chi connectivity index (χ1v) is 8.85. The molecule has 21 heavy (non-hydrogen) atoms. The molecule has 0 rings (SSSR count). The Hall–Kier alpha value is -0.0400. The van der Waals surface area contributed by atoms with Gasteiger partial charge in [-0.05, 0) is 41.9 Å². The monoisotopic (exact) mass is 297 g/mol. The van der Waals surface area contributed by atoms with Crippen molar-refractivity contribution in [2.75, 3.05) is 0 Å². The van der Waals surface area contributed by atoms with Gasteiger partial charge in [-0.2, -0.15) is 0 Å². The fraction of sp³-hybridized carbons (Fsp3) is 1.00. The molecule has 0 bridgehead atoms. The largest absolute Gasteiger partial charge is 0.325 e. The van der Waals surface area contributed by atoms with Crippen LogP contribution in [0.3, 0.4) is 0 Å². The predicted molar refractivity (Wildman–Crippen MR) is 97.5 cm³/mol. The molecule has 0 aromatic heterocycles. The smallest absolute Gasteiger partial charge is 0.0154 e. The van der Waals surface area contributed by atoms with E-state index in [-0.39, 0.29) is 21.8 Å². The topological polar surface area (TPSA) is 26.0 Å². The van der Waals surface area contributed by atoms with Crippen LogP contribution in [0.1, 0.15) is 102 Å². The fourth-order valence-electron chi connectivity index (χ4n) is 3.56. The molecule has 0 aromatic rings. The van der Waals surface area contributed by atoms with Gasteiger partial charge in [-0.3, -0.25) is 0 Å². The first-order valence-electron chi connectivity index (χ1n) is 8.85. The molecular formula is C20H43N. The van der Waals surface area contributed by atoms with Crippen LogP contribution in [0.25, 0.3) is 0 Å². The van der Waals surface area contributed by atoms with Gasteiger partial charge in [0.15, 0.2) is 0 Å². The quantitative estimate of drug-likeness (QED) is 0.515. The van der Waals surface area contributed by atoms with E-state index >= 15 is 0 Å². The maximum absolute atomic E-state index is 6.56. The lowest BCUT2D eigenvalue weighted by Gasteiger charge is -2.62. The summed E-state index contributed by atoms with van der Waals surface area (Å²) in [6.07, 6.45) is 5.25. The SMILES string of the molecule is CCCCCC(C)(C)C(C)(C)C(C)(C)C(C)(C)C(C)(C)N. The Kier molecular flexibility index (Phi) is 6.21. The van der Waals surface area contributed by atoms with Gasteiger partial charge >= 0.3 is 0 Å². The van der Waals surface area contributed by atoms with E-state index in [0.29, 0.717) is 5.41 Å². The summed E-state index contributed by atoms with van der Waals surface area (Å²) in [4.78, 5) is 0. The zero-order valence-corrected chi connectivity index (χ0v) is 16.9. The minimum Gasteiger partial charge on any atom is -0.325 e. The van der Waals surface area contributed by atoms with Gasteiger partial charge in [0.1, 0.15) is 0 Å². The van der Waals surface area contributed by atoms with Crippen LogP contribution in [0.2, 0.25) is 0 Å². The van der Waals surface area contributed by atoms with Crippen molar-refractivity contribution < 1.29 is 0 Å². The van der Waals surface area contributed by atoms with Crippen LogP contribution in [-0.4, -0.2) is 5.54 Å². The van der Waals surface area contributed by atoms with Crippen LogP contribution in [-0.2, 0) is 0 Å². The van der Waals surface area contributed by atoms with Crippen molar-refractivity contribution in [3.63, 3.8) is 0 Å². The lowest BCUT2D eigenvalue weighted by molar-refractivity contribution is -0.121. The molecule has 0 saturated heterocycles. The van der Waals surface area contributed by atoms with Gasteiger partial charge in [-0.15, -0.1) is 0 Å². The van der Waals surface area contributed by atoms with Crippen LogP contribution < -0.4 is 5.73 Å². The van der Waals surface area contributed by atoms with Crippen molar-refractivity contribution in [2.24, 2.45) is 27.4 Å². The third kappa shape index (κ3) is 3.66. The molecular weight excluding hydrogens is 254 g/mol. The van der Waals surface area contributed by atoms with Crippen molar-refractivity contribution in [3.05, 3.63) is 0 Å². The first-order chi connectivity index (χ1) is 9.06. The molecule has 0 fully saturated rings. The zero-order valence-electron chi connectivity index (χ0n) is 16.9. The van der Waals surface area contributed by atoms with E-state index in [4.69, 9.17) is 5.73 Å². The summed E-state index contributed by atoms with van der Waals surface area (Å²) < 4.78 is 0. The van der Waals surface area contributed by atoms with E-state index in [9.17, 15) is 0 Å². The molecule has 0 atom stereocenters. The Morgan fingerprint density at radius 1 is 0.619 bits per heavy atom. The van der Waals surface area contributed by atoms with Crippen molar-refractivity contribution >= 4 is 0 Å². The Morgan fingerprint density at radius 2 is 1.05 bits per heavy atom. The molecule has 1 heteroatoms. The van der Waals surface area contributed by atoms with E-state index in [2.05, 4.69) is 76.2 Å². The predicted octanol–water partition coefficient (Wildman–Crippen LogP) is 6.41. The average molecular weight is 298 g/mol. The molecule has 0 aromatic carbocycles. The number of nitrogens with two attached hydrogens (primary N) is 1. The van der Waals surface area contributed by atoms with Crippen LogP contribution >= 0.6 is 0 Å². The molecule has 0 aliphatic rings. The maximum Gasteiger partial charge on any atom is 0.0154 e. The van der Waals surface area contributed by atoms with E-state index in [1.165, 1.54) is 25.7 Å². The summed E-state index contributed by atoms with van der Waals surface area (Å²) in [6.45, 7) is 26.0. The van der Waals surface area contributed by atoms with Crippen molar-refractivity contribution in [1.82, 2.24) is 0 Å². The minimum absolute atomic E-state index is 0.0471. The van der Waals surface area contributed by atoms with Gasteiger partial charge in [0, 0.05) is 5.54 Å². The molecule has 0 saturated carbocycles. The second-order valence-corrected chi connectivity index (χ2v) is 9.94. The Labute approximate surface area is 135 Å². The molecule has 0 radical (unpaired) electrons. The van der Waals surface area contributed by atoms with Gasteiger partial charge in [-0.25, -0.2) is 0 Å². The molecule has 0 aliphatic heterocycles. The van der Waals surface area contributed by atoms with E-state index in [1.807, 2.05) is 0 Å². The van der Waals surface area contributed by atoms with Crippen LogP contribution in [0, 0.1) is 21.7 Å². The normalized spacial score (nSPS) is 15.4. The maximum atomic E-state index is 6.56. The van der Waals surface area contributed by atoms with Crippen molar-refractivity contribution in [3.8, 4) is 0 Å². The highest BCUT2D eigenvalue weighted by Crippen LogP contribution is 2.62. The van der Waals surface area contributed by atoms with Gasteiger partial charge in [0.05, 0.1) is 0 Å². The third-order valence-corrected chi connectivity index (χ3v) is 7.83. The molecule has 0 amide bonds. The molecule has 0 heterocycles. The molecule has 0 unspecified atom stereocenters. The molecule has 1 nitrogen and oxygen atoms in total. The van der Waals surface area contributed by atoms with E-state index in [0.717, 1.165) is 0 Å². The van der Waals surface area contributed by atoms with E-state index in [1.54, 1.807) is 0 Å². The molecule has 0 spiro atoms.